The lowest BCUT2D eigenvalue weighted by molar-refractivity contribution is -0.123. The zero-order chi connectivity index (χ0) is 7.44. The summed E-state index contributed by atoms with van der Waals surface area (Å²) in [7, 11) is 0. The van der Waals surface area contributed by atoms with Crippen LogP contribution >= 0.6 is 0 Å². The van der Waals surface area contributed by atoms with Crippen molar-refractivity contribution in [2.24, 2.45) is 17.6 Å². The summed E-state index contributed by atoms with van der Waals surface area (Å²) in [4.78, 5) is 10.4. The van der Waals surface area contributed by atoms with Crippen LogP contribution in [0.3, 0.4) is 0 Å². The van der Waals surface area contributed by atoms with Crippen LogP contribution in [0.2, 0.25) is 0 Å². The number of aliphatic hydroxyl groups excluding tert-OH is 1. The molecule has 0 rings (SSSR count). The first-order chi connectivity index (χ1) is 4.09. The van der Waals surface area contributed by atoms with Crippen LogP contribution in [0.25, 0.3) is 0 Å². The quantitative estimate of drug-likeness (QED) is 0.554. The molecule has 0 aromatic rings. The van der Waals surface area contributed by atoms with Gasteiger partial charge in [0.25, 0.3) is 0 Å². The Morgan fingerprint density at radius 1 is 1.67 bits per heavy atom. The Morgan fingerprint density at radius 2 is 2.11 bits per heavy atom. The Morgan fingerprint density at radius 3 is 2.22 bits per heavy atom. The molecule has 2 unspecified atom stereocenters. The Labute approximate surface area is 54.9 Å². The van der Waals surface area contributed by atoms with Gasteiger partial charge in [-0.2, -0.15) is 0 Å². The van der Waals surface area contributed by atoms with Crippen molar-refractivity contribution in [1.29, 1.82) is 0 Å². The highest BCUT2D eigenvalue weighted by Crippen LogP contribution is 2.07. The van der Waals surface area contributed by atoms with E-state index in [1.165, 1.54) is 0 Å². The molecule has 1 amide bonds. The molecular formula is C6H13NO2. The molecule has 3 N–H and O–H groups in total. The summed E-state index contributed by atoms with van der Waals surface area (Å²) >= 11 is 0. The van der Waals surface area contributed by atoms with Gasteiger partial charge in [-0.1, -0.05) is 13.8 Å². The third-order valence-electron chi connectivity index (χ3n) is 1.59. The summed E-state index contributed by atoms with van der Waals surface area (Å²) in [5, 5.41) is 8.55. The van der Waals surface area contributed by atoms with Gasteiger partial charge in [0.2, 0.25) is 5.91 Å². The third-order valence-corrected chi connectivity index (χ3v) is 1.59. The molecule has 2 atom stereocenters. The van der Waals surface area contributed by atoms with Gasteiger partial charge in [-0.3, -0.25) is 4.79 Å². The van der Waals surface area contributed by atoms with Gasteiger partial charge in [-0.05, 0) is 5.92 Å². The average Bonchev–Trinajstić information content (AvgIpc) is 1.84. The number of hydrogen-bond donors (Lipinski definition) is 2. The highest BCUT2D eigenvalue weighted by Gasteiger charge is 2.15. The highest BCUT2D eigenvalue weighted by atomic mass is 16.3. The van der Waals surface area contributed by atoms with E-state index in [1.54, 1.807) is 13.8 Å². The molecule has 0 spiro atoms. The SMILES string of the molecule is CC(CO)C(C)C(N)=O. The molecule has 0 aliphatic carbocycles. The molecule has 9 heavy (non-hydrogen) atoms. The zero-order valence-electron chi connectivity index (χ0n) is 5.79. The number of hydrogen-bond acceptors (Lipinski definition) is 2. The van der Waals surface area contributed by atoms with Crippen LogP contribution in [0.4, 0.5) is 0 Å². The standard InChI is InChI=1S/C6H13NO2/c1-4(3-8)5(2)6(7)9/h4-5,8H,3H2,1-2H3,(H2,7,9). The Balaban J connectivity index is 3.72. The molecule has 0 aromatic carbocycles. The predicted molar refractivity (Wildman–Crippen MR) is 34.6 cm³/mol. The van der Waals surface area contributed by atoms with E-state index in [2.05, 4.69) is 0 Å². The van der Waals surface area contributed by atoms with Crippen molar-refractivity contribution in [3.63, 3.8) is 0 Å². The van der Waals surface area contributed by atoms with Crippen molar-refractivity contribution >= 4 is 5.91 Å². The van der Waals surface area contributed by atoms with Crippen LogP contribution < -0.4 is 5.73 Å². The topological polar surface area (TPSA) is 63.3 Å². The Bertz CT molecular complexity index is 103. The number of carbonyl (C=O) groups is 1. The van der Waals surface area contributed by atoms with Gasteiger partial charge < -0.3 is 10.8 Å². The van der Waals surface area contributed by atoms with Crippen LogP contribution in [-0.2, 0) is 4.79 Å². The van der Waals surface area contributed by atoms with Gasteiger partial charge in [-0.15, -0.1) is 0 Å². The van der Waals surface area contributed by atoms with Crippen molar-refractivity contribution < 1.29 is 9.90 Å². The number of rotatable bonds is 3. The Kier molecular flexibility index (Phi) is 3.24. The van der Waals surface area contributed by atoms with Crippen molar-refractivity contribution in [2.45, 2.75) is 13.8 Å². The molecule has 0 heterocycles. The van der Waals surface area contributed by atoms with E-state index in [4.69, 9.17) is 10.8 Å². The fourth-order valence-electron chi connectivity index (χ4n) is 0.439. The predicted octanol–water partition coefficient (Wildman–Crippen LogP) is -0.264. The summed E-state index contributed by atoms with van der Waals surface area (Å²) in [6.07, 6.45) is 0. The van der Waals surface area contributed by atoms with E-state index >= 15 is 0 Å². The second kappa shape index (κ2) is 3.45. The van der Waals surface area contributed by atoms with E-state index in [1.807, 2.05) is 0 Å². The fraction of sp³-hybridized carbons (Fsp3) is 0.833. The van der Waals surface area contributed by atoms with Crippen molar-refractivity contribution in [3.05, 3.63) is 0 Å². The zero-order valence-corrected chi connectivity index (χ0v) is 5.79. The average molecular weight is 131 g/mol. The molecule has 0 bridgehead atoms. The van der Waals surface area contributed by atoms with Gasteiger partial charge in [-0.25, -0.2) is 0 Å². The molecular weight excluding hydrogens is 118 g/mol. The Hall–Kier alpha value is -0.570. The summed E-state index contributed by atoms with van der Waals surface area (Å²) < 4.78 is 0. The second-order valence-electron chi connectivity index (χ2n) is 2.35. The minimum absolute atomic E-state index is 0.0180. The molecule has 0 aromatic heterocycles. The summed E-state index contributed by atoms with van der Waals surface area (Å²) in [6.45, 7) is 3.52. The maximum Gasteiger partial charge on any atom is 0.220 e. The van der Waals surface area contributed by atoms with Crippen LogP contribution in [0.1, 0.15) is 13.8 Å². The highest BCUT2D eigenvalue weighted by molar-refractivity contribution is 5.76. The van der Waals surface area contributed by atoms with Gasteiger partial charge in [0, 0.05) is 12.5 Å². The minimum atomic E-state index is -0.350. The van der Waals surface area contributed by atoms with Crippen molar-refractivity contribution in [1.82, 2.24) is 0 Å². The molecule has 0 aliphatic heterocycles. The van der Waals surface area contributed by atoms with E-state index in [-0.39, 0.29) is 24.3 Å². The summed E-state index contributed by atoms with van der Waals surface area (Å²) in [5.41, 5.74) is 4.96. The lowest BCUT2D eigenvalue weighted by Gasteiger charge is -2.12. The molecule has 54 valence electrons. The summed E-state index contributed by atoms with van der Waals surface area (Å²) in [5.74, 6) is -0.603. The second-order valence-corrected chi connectivity index (χ2v) is 2.35. The number of aliphatic hydroxyl groups is 1. The van der Waals surface area contributed by atoms with E-state index in [9.17, 15) is 4.79 Å². The van der Waals surface area contributed by atoms with Crippen LogP contribution in [0.15, 0.2) is 0 Å². The van der Waals surface area contributed by atoms with E-state index in [0.717, 1.165) is 0 Å². The maximum absolute atomic E-state index is 10.4. The molecule has 0 saturated carbocycles. The maximum atomic E-state index is 10.4. The lowest BCUT2D eigenvalue weighted by atomic mass is 9.97. The van der Waals surface area contributed by atoms with E-state index < -0.39 is 0 Å². The third kappa shape index (κ3) is 2.46. The normalized spacial score (nSPS) is 16.8. The number of amides is 1. The molecule has 0 aliphatic rings. The first-order valence-electron chi connectivity index (χ1n) is 2.99. The van der Waals surface area contributed by atoms with Gasteiger partial charge in [0.15, 0.2) is 0 Å². The molecule has 0 saturated heterocycles. The monoisotopic (exact) mass is 131 g/mol. The van der Waals surface area contributed by atoms with Crippen LogP contribution in [0, 0.1) is 11.8 Å². The molecule has 0 fully saturated rings. The van der Waals surface area contributed by atoms with Crippen molar-refractivity contribution in [3.8, 4) is 0 Å². The number of carbonyl (C=O) groups excluding carboxylic acids is 1. The van der Waals surface area contributed by atoms with Gasteiger partial charge >= 0.3 is 0 Å². The molecule has 3 nitrogen and oxygen atoms in total. The fourth-order valence-corrected chi connectivity index (χ4v) is 0.439. The van der Waals surface area contributed by atoms with Crippen molar-refractivity contribution in [2.75, 3.05) is 6.61 Å². The first-order valence-corrected chi connectivity index (χ1v) is 2.99. The lowest BCUT2D eigenvalue weighted by Crippen LogP contribution is -2.27. The molecule has 3 heteroatoms. The first kappa shape index (κ1) is 8.43. The van der Waals surface area contributed by atoms with Gasteiger partial charge in [0.1, 0.15) is 0 Å². The smallest absolute Gasteiger partial charge is 0.220 e. The minimum Gasteiger partial charge on any atom is -0.396 e. The largest absolute Gasteiger partial charge is 0.396 e. The number of primary amides is 1. The molecule has 0 radical (unpaired) electrons. The van der Waals surface area contributed by atoms with Crippen LogP contribution in [0.5, 0.6) is 0 Å². The van der Waals surface area contributed by atoms with Crippen LogP contribution in [-0.4, -0.2) is 17.6 Å². The van der Waals surface area contributed by atoms with Gasteiger partial charge in [0.05, 0.1) is 0 Å². The number of nitrogens with two attached hydrogens (primary N) is 1. The van der Waals surface area contributed by atoms with E-state index in [0.29, 0.717) is 0 Å². The summed E-state index contributed by atoms with van der Waals surface area (Å²) in [6, 6.07) is 0.